The molecule has 1 unspecified atom stereocenters. The van der Waals surface area contributed by atoms with Gasteiger partial charge in [-0.1, -0.05) is 69.3 Å². The van der Waals surface area contributed by atoms with Crippen LogP contribution < -0.4 is 5.32 Å². The summed E-state index contributed by atoms with van der Waals surface area (Å²) in [4.78, 5) is 35.2. The molecule has 1 aromatic heterocycles. The van der Waals surface area contributed by atoms with Gasteiger partial charge in [-0.2, -0.15) is 0 Å². The van der Waals surface area contributed by atoms with Crippen LogP contribution in [0.5, 0.6) is 0 Å². The summed E-state index contributed by atoms with van der Waals surface area (Å²) in [6.07, 6.45) is -1.68. The van der Waals surface area contributed by atoms with Crippen molar-refractivity contribution in [2.75, 3.05) is 11.9 Å². The van der Waals surface area contributed by atoms with E-state index in [1.54, 1.807) is 21.9 Å². The van der Waals surface area contributed by atoms with Crippen LogP contribution in [0.2, 0.25) is 0 Å². The molecule has 0 saturated carbocycles. The molecule has 9 nitrogen and oxygen atoms in total. The minimum Gasteiger partial charge on any atom is -0.445 e. The van der Waals surface area contributed by atoms with E-state index >= 15 is 0 Å². The van der Waals surface area contributed by atoms with E-state index < -0.39 is 18.1 Å². The van der Waals surface area contributed by atoms with Gasteiger partial charge >= 0.3 is 12.2 Å². The molecule has 268 valence electrons. The Morgan fingerprint density at radius 1 is 0.980 bits per heavy atom. The number of ether oxygens (including phenoxy) is 2. The first-order chi connectivity index (χ1) is 23.6. The number of aromatic nitrogens is 2. The highest BCUT2D eigenvalue weighted by atomic mass is 19.3. The summed E-state index contributed by atoms with van der Waals surface area (Å²) in [6, 6.07) is 21.2. The van der Waals surface area contributed by atoms with Gasteiger partial charge in [0.05, 0.1) is 17.1 Å². The average molecular weight is 690 g/mol. The van der Waals surface area contributed by atoms with Gasteiger partial charge < -0.3 is 29.2 Å². The zero-order valence-electron chi connectivity index (χ0n) is 30.1. The molecule has 2 heterocycles. The fourth-order valence-corrected chi connectivity index (χ4v) is 6.02. The number of rotatable bonds is 10. The Morgan fingerprint density at radius 3 is 2.32 bits per heavy atom. The lowest BCUT2D eigenvalue weighted by Gasteiger charge is -2.37. The van der Waals surface area contributed by atoms with Gasteiger partial charge in [-0.05, 0) is 81.3 Å². The monoisotopic (exact) mass is 689 g/mol. The molecular formula is C39H49F2N5O4. The molecule has 0 aliphatic carbocycles. The van der Waals surface area contributed by atoms with Crippen molar-refractivity contribution >= 4 is 34.9 Å². The molecule has 4 aromatic rings. The largest absolute Gasteiger partial charge is 0.445 e. The second-order valence-electron chi connectivity index (χ2n) is 15.1. The van der Waals surface area contributed by atoms with Crippen LogP contribution >= 0.6 is 0 Å². The number of benzene rings is 3. The van der Waals surface area contributed by atoms with E-state index in [0.717, 1.165) is 29.5 Å². The molecule has 2 atom stereocenters. The number of hydrogen-bond donors (Lipinski definition) is 1. The highest BCUT2D eigenvalue weighted by Gasteiger charge is 2.34. The maximum Gasteiger partial charge on any atom is 0.410 e. The molecule has 11 heteroatoms. The third-order valence-electron chi connectivity index (χ3n) is 9.14. The van der Waals surface area contributed by atoms with Crippen molar-refractivity contribution in [3.63, 3.8) is 0 Å². The number of halogens is 2. The number of hydrogen-bond acceptors (Lipinski definition) is 6. The van der Waals surface area contributed by atoms with Crippen LogP contribution in [-0.2, 0) is 29.2 Å². The summed E-state index contributed by atoms with van der Waals surface area (Å²) in [5.74, 6) is 0.514. The van der Waals surface area contributed by atoms with E-state index in [4.69, 9.17) is 14.5 Å². The highest BCUT2D eigenvalue weighted by molar-refractivity contribution is 5.81. The van der Waals surface area contributed by atoms with Gasteiger partial charge in [0.15, 0.2) is 0 Å². The number of fused-ring (bicyclic) bond motifs is 1. The van der Waals surface area contributed by atoms with Crippen LogP contribution in [-0.4, -0.2) is 55.8 Å². The molecule has 50 heavy (non-hydrogen) atoms. The van der Waals surface area contributed by atoms with E-state index in [1.165, 1.54) is 12.1 Å². The number of nitrogens with one attached hydrogen (secondary N) is 1. The van der Waals surface area contributed by atoms with Crippen molar-refractivity contribution in [1.82, 2.24) is 19.4 Å². The van der Waals surface area contributed by atoms with Gasteiger partial charge in [0.1, 0.15) is 12.2 Å². The summed E-state index contributed by atoms with van der Waals surface area (Å²) >= 11 is 0. The van der Waals surface area contributed by atoms with Gasteiger partial charge in [0.2, 0.25) is 5.95 Å². The van der Waals surface area contributed by atoms with Gasteiger partial charge in [0, 0.05) is 36.9 Å². The van der Waals surface area contributed by atoms with Crippen LogP contribution in [0, 0.1) is 5.41 Å². The summed E-state index contributed by atoms with van der Waals surface area (Å²) in [6.45, 7) is 15.4. The van der Waals surface area contributed by atoms with E-state index in [1.807, 2.05) is 80.8 Å². The Labute approximate surface area is 293 Å². The first-order valence-corrected chi connectivity index (χ1v) is 17.2. The lowest BCUT2D eigenvalue weighted by atomic mass is 9.87. The Hall–Kier alpha value is -4.67. The van der Waals surface area contributed by atoms with Crippen molar-refractivity contribution in [3.05, 3.63) is 89.5 Å². The minimum atomic E-state index is -2.57. The average Bonchev–Trinajstić information content (AvgIpc) is 3.66. The summed E-state index contributed by atoms with van der Waals surface area (Å²) < 4.78 is 40.0. The topological polar surface area (TPSA) is 88.9 Å². The zero-order valence-corrected chi connectivity index (χ0v) is 30.1. The number of carbonyl (C=O) groups is 2. The molecule has 0 spiro atoms. The summed E-state index contributed by atoms with van der Waals surface area (Å²) in [7, 11) is 0. The lowest BCUT2D eigenvalue weighted by molar-refractivity contribution is 0.0215. The number of anilines is 2. The predicted molar refractivity (Wildman–Crippen MR) is 191 cm³/mol. The van der Waals surface area contributed by atoms with E-state index in [0.29, 0.717) is 36.8 Å². The van der Waals surface area contributed by atoms with Crippen molar-refractivity contribution < 1.29 is 27.8 Å². The van der Waals surface area contributed by atoms with Crippen LogP contribution in [0.3, 0.4) is 0 Å². The molecule has 3 aromatic carbocycles. The number of likely N-dealkylation sites (tertiary alicyclic amines) is 1. The predicted octanol–water partition coefficient (Wildman–Crippen LogP) is 9.69. The van der Waals surface area contributed by atoms with Gasteiger partial charge in [-0.25, -0.2) is 23.4 Å². The molecular weight excluding hydrogens is 640 g/mol. The second-order valence-corrected chi connectivity index (χ2v) is 15.1. The standard InChI is InChI=1S/C39H49F2N5O4/c1-26(38(2,3)4)45(36(47)49-25-27-12-9-8-10-13-27)23-28-15-20-33-32(22-28)43-35(42-30-18-16-29(17-19-30)34(40)41)46(33)24-31-14-11-21-44(31)37(48)50-39(5,6)7/h8-10,12-13,15-20,22,26,31,34H,11,14,21,23-25H2,1-7H3,(H,42,43)/t26-,31?/m0/s1. The molecule has 2 amide bonds. The van der Waals surface area contributed by atoms with Crippen LogP contribution in [0.15, 0.2) is 72.8 Å². The normalized spacial score (nSPS) is 15.7. The van der Waals surface area contributed by atoms with Gasteiger partial charge in [-0.3, -0.25) is 0 Å². The summed E-state index contributed by atoms with van der Waals surface area (Å²) in [5, 5.41) is 3.32. The van der Waals surface area contributed by atoms with Crippen LogP contribution in [0.1, 0.15) is 84.4 Å². The Morgan fingerprint density at radius 2 is 1.68 bits per heavy atom. The lowest BCUT2D eigenvalue weighted by Crippen LogP contribution is -2.45. The molecule has 1 aliphatic heterocycles. The first kappa shape index (κ1) is 36.6. The second kappa shape index (κ2) is 15.1. The SMILES string of the molecule is C[C@H](N(Cc1ccc2c(c1)nc(Nc1ccc(C(F)F)cc1)n2CC1CCCN1C(=O)OC(C)(C)C)C(=O)OCc1ccccc1)C(C)(C)C. The van der Waals surface area contributed by atoms with Crippen LogP contribution in [0.25, 0.3) is 11.0 Å². The number of alkyl halides is 2. The quantitative estimate of drug-likeness (QED) is 0.178. The van der Waals surface area contributed by atoms with Gasteiger partial charge in [-0.15, -0.1) is 0 Å². The number of nitrogens with zero attached hydrogens (tertiary/aromatic N) is 4. The van der Waals surface area contributed by atoms with E-state index in [-0.39, 0.29) is 35.8 Å². The number of carbonyl (C=O) groups excluding carboxylic acids is 2. The van der Waals surface area contributed by atoms with Crippen molar-refractivity contribution in [2.24, 2.45) is 5.41 Å². The van der Waals surface area contributed by atoms with E-state index in [9.17, 15) is 18.4 Å². The molecule has 0 radical (unpaired) electrons. The Balaban J connectivity index is 1.46. The third kappa shape index (κ3) is 9.11. The molecule has 0 bridgehead atoms. The summed E-state index contributed by atoms with van der Waals surface area (Å²) in [5.41, 5.74) is 3.01. The van der Waals surface area contributed by atoms with E-state index in [2.05, 4.69) is 26.1 Å². The zero-order chi connectivity index (χ0) is 36.2. The van der Waals surface area contributed by atoms with Crippen molar-refractivity contribution in [2.45, 2.75) is 105 Å². The fourth-order valence-electron chi connectivity index (χ4n) is 6.02. The fraction of sp³-hybridized carbons (Fsp3) is 0.462. The smallest absolute Gasteiger partial charge is 0.410 e. The maximum absolute atomic E-state index is 13.6. The van der Waals surface area contributed by atoms with Crippen molar-refractivity contribution in [3.8, 4) is 0 Å². The number of imidazole rings is 1. The van der Waals surface area contributed by atoms with Crippen LogP contribution in [0.4, 0.5) is 30.0 Å². The van der Waals surface area contributed by atoms with Gasteiger partial charge in [0.25, 0.3) is 6.43 Å². The Bertz CT molecular complexity index is 1760. The number of amides is 2. The molecule has 1 fully saturated rings. The third-order valence-corrected chi connectivity index (χ3v) is 9.14. The molecule has 1 saturated heterocycles. The maximum atomic E-state index is 13.6. The molecule has 1 N–H and O–H groups in total. The molecule has 1 aliphatic rings. The minimum absolute atomic E-state index is 0.0658. The Kier molecular flexibility index (Phi) is 11.0. The molecule has 5 rings (SSSR count). The van der Waals surface area contributed by atoms with Crippen molar-refractivity contribution in [1.29, 1.82) is 0 Å². The highest BCUT2D eigenvalue weighted by Crippen LogP contribution is 2.31. The first-order valence-electron chi connectivity index (χ1n) is 17.2.